The Hall–Kier alpha value is -1.88. The minimum absolute atomic E-state index is 0.0959. The average Bonchev–Trinajstić information content (AvgIpc) is 2.93. The smallest absolute Gasteiger partial charge is 0.299 e. The Balaban J connectivity index is 1.90. The molecule has 2 aromatic rings. The summed E-state index contributed by atoms with van der Waals surface area (Å²) in [6, 6.07) is 6.93. The van der Waals surface area contributed by atoms with Crippen LogP contribution in [0.1, 0.15) is 18.4 Å². The Morgan fingerprint density at radius 2 is 2.09 bits per heavy atom. The van der Waals surface area contributed by atoms with Gasteiger partial charge in [0.1, 0.15) is 4.90 Å². The zero-order chi connectivity index (χ0) is 15.7. The number of rotatable bonds is 3. The van der Waals surface area contributed by atoms with E-state index < -0.39 is 10.1 Å². The highest BCUT2D eigenvalue weighted by Gasteiger charge is 2.27. The van der Waals surface area contributed by atoms with Crippen LogP contribution in [0.25, 0.3) is 10.9 Å². The third-order valence-corrected chi connectivity index (χ3v) is 5.37. The van der Waals surface area contributed by atoms with Gasteiger partial charge >= 0.3 is 0 Å². The third kappa shape index (κ3) is 2.86. The number of aromatic amines is 1. The van der Waals surface area contributed by atoms with Crippen molar-refractivity contribution in [3.05, 3.63) is 30.0 Å². The number of aromatic nitrogens is 1. The van der Waals surface area contributed by atoms with Crippen molar-refractivity contribution in [3.63, 3.8) is 0 Å². The monoisotopic (exact) mass is 319 g/mol. The predicted octanol–water partition coefficient (Wildman–Crippen LogP) is 1.84. The van der Waals surface area contributed by atoms with Crippen LogP contribution in [0.4, 0.5) is 0 Å². The normalized spacial score (nSPS) is 17.6. The molecule has 1 fully saturated rings. The summed E-state index contributed by atoms with van der Waals surface area (Å²) in [5.74, 6) is 0. The molecule has 0 bridgehead atoms. The minimum atomic E-state index is -3.84. The molecule has 0 aliphatic carbocycles. The van der Waals surface area contributed by atoms with Crippen molar-refractivity contribution in [1.29, 1.82) is 5.26 Å². The predicted molar refractivity (Wildman–Crippen MR) is 81.8 cm³/mol. The largest absolute Gasteiger partial charge is 0.360 e. The number of nitriles is 1. The molecule has 0 atom stereocenters. The van der Waals surface area contributed by atoms with Crippen LogP contribution in [0.5, 0.6) is 0 Å². The fourth-order valence-electron chi connectivity index (χ4n) is 2.68. The zero-order valence-corrected chi connectivity index (χ0v) is 13.1. The number of fused-ring (bicyclic) bond motifs is 1. The first-order valence-electron chi connectivity index (χ1n) is 7.12. The van der Waals surface area contributed by atoms with Crippen molar-refractivity contribution in [2.45, 2.75) is 23.8 Å². The van der Waals surface area contributed by atoms with Crippen molar-refractivity contribution in [3.8, 4) is 6.07 Å². The van der Waals surface area contributed by atoms with Gasteiger partial charge in [-0.25, -0.2) is 0 Å². The van der Waals surface area contributed by atoms with Crippen molar-refractivity contribution in [2.75, 3.05) is 20.1 Å². The first-order valence-corrected chi connectivity index (χ1v) is 8.53. The number of H-pyrrole nitrogens is 1. The summed E-state index contributed by atoms with van der Waals surface area (Å²) in [6.45, 7) is 1.65. The molecule has 0 amide bonds. The number of likely N-dealkylation sites (tertiary alicyclic amines) is 1. The maximum absolute atomic E-state index is 12.5. The molecule has 116 valence electrons. The van der Waals surface area contributed by atoms with E-state index in [1.54, 1.807) is 18.2 Å². The molecule has 6 nitrogen and oxygen atoms in total. The van der Waals surface area contributed by atoms with Crippen LogP contribution < -0.4 is 0 Å². The van der Waals surface area contributed by atoms with Gasteiger partial charge in [-0.05, 0) is 38.1 Å². The second-order valence-electron chi connectivity index (χ2n) is 5.58. The molecule has 2 heterocycles. The molecule has 0 radical (unpaired) electrons. The number of hydrogen-bond acceptors (Lipinski definition) is 5. The summed E-state index contributed by atoms with van der Waals surface area (Å²) in [7, 11) is -1.84. The highest BCUT2D eigenvalue weighted by molar-refractivity contribution is 7.87. The topological polar surface area (TPSA) is 86.2 Å². The summed E-state index contributed by atoms with van der Waals surface area (Å²) in [5, 5.41) is 9.46. The van der Waals surface area contributed by atoms with E-state index in [-0.39, 0.29) is 11.0 Å². The summed E-state index contributed by atoms with van der Waals surface area (Å²) in [6.07, 6.45) is 2.53. The van der Waals surface area contributed by atoms with Crippen LogP contribution in [0.2, 0.25) is 0 Å². The Morgan fingerprint density at radius 1 is 1.36 bits per heavy atom. The molecular weight excluding hydrogens is 302 g/mol. The van der Waals surface area contributed by atoms with Crippen LogP contribution in [-0.4, -0.2) is 44.5 Å². The summed E-state index contributed by atoms with van der Waals surface area (Å²) in [5.41, 5.74) is 1.09. The lowest BCUT2D eigenvalue weighted by atomic mass is 10.1. The Labute approximate surface area is 129 Å². The van der Waals surface area contributed by atoms with Gasteiger partial charge in [-0.3, -0.25) is 4.18 Å². The van der Waals surface area contributed by atoms with Gasteiger partial charge in [-0.1, -0.05) is 0 Å². The molecule has 0 saturated carbocycles. The van der Waals surface area contributed by atoms with Gasteiger partial charge in [0.05, 0.1) is 17.7 Å². The molecule has 1 aromatic heterocycles. The van der Waals surface area contributed by atoms with E-state index in [1.165, 1.54) is 6.20 Å². The number of nitrogens with one attached hydrogen (secondary N) is 1. The maximum Gasteiger partial charge on any atom is 0.299 e. The Morgan fingerprint density at radius 3 is 2.77 bits per heavy atom. The molecular formula is C15H17N3O3S. The molecule has 0 spiro atoms. The van der Waals surface area contributed by atoms with Gasteiger partial charge in [0.25, 0.3) is 10.1 Å². The van der Waals surface area contributed by atoms with E-state index >= 15 is 0 Å². The number of hydrogen-bond donors (Lipinski definition) is 1. The molecule has 1 saturated heterocycles. The van der Waals surface area contributed by atoms with Gasteiger partial charge in [0, 0.05) is 30.2 Å². The van der Waals surface area contributed by atoms with Gasteiger partial charge in [0.2, 0.25) is 0 Å². The number of benzene rings is 1. The number of piperidine rings is 1. The van der Waals surface area contributed by atoms with E-state index in [0.717, 1.165) is 13.1 Å². The third-order valence-electron chi connectivity index (χ3n) is 3.97. The Bertz CT molecular complexity index is 827. The maximum atomic E-state index is 12.5. The lowest BCUT2D eigenvalue weighted by molar-refractivity contribution is 0.120. The molecule has 22 heavy (non-hydrogen) atoms. The average molecular weight is 319 g/mol. The van der Waals surface area contributed by atoms with E-state index in [4.69, 9.17) is 9.44 Å². The van der Waals surface area contributed by atoms with E-state index in [9.17, 15) is 8.42 Å². The van der Waals surface area contributed by atoms with Crippen LogP contribution in [0.15, 0.2) is 29.3 Å². The first-order chi connectivity index (χ1) is 10.5. The first kappa shape index (κ1) is 15.0. The van der Waals surface area contributed by atoms with Crippen molar-refractivity contribution >= 4 is 21.0 Å². The lowest BCUT2D eigenvalue weighted by Gasteiger charge is -2.28. The van der Waals surface area contributed by atoms with Gasteiger partial charge < -0.3 is 9.88 Å². The summed E-state index contributed by atoms with van der Waals surface area (Å²) < 4.78 is 30.4. The van der Waals surface area contributed by atoms with E-state index in [2.05, 4.69) is 9.88 Å². The van der Waals surface area contributed by atoms with Crippen molar-refractivity contribution < 1.29 is 12.6 Å². The molecule has 0 unspecified atom stereocenters. The van der Waals surface area contributed by atoms with Crippen molar-refractivity contribution in [1.82, 2.24) is 9.88 Å². The molecule has 1 aromatic carbocycles. The zero-order valence-electron chi connectivity index (χ0n) is 12.2. The lowest BCUT2D eigenvalue weighted by Crippen LogP contribution is -2.35. The van der Waals surface area contributed by atoms with Crippen LogP contribution in [-0.2, 0) is 14.3 Å². The van der Waals surface area contributed by atoms with E-state index in [1.807, 2.05) is 13.1 Å². The quantitative estimate of drug-likeness (QED) is 0.872. The van der Waals surface area contributed by atoms with Crippen LogP contribution in [0.3, 0.4) is 0 Å². The van der Waals surface area contributed by atoms with Crippen LogP contribution in [0, 0.1) is 11.3 Å². The van der Waals surface area contributed by atoms with Gasteiger partial charge in [-0.2, -0.15) is 13.7 Å². The molecule has 1 N–H and O–H groups in total. The fraction of sp³-hybridized carbons (Fsp3) is 0.400. The van der Waals surface area contributed by atoms with Gasteiger partial charge in [0.15, 0.2) is 0 Å². The fourth-order valence-corrected chi connectivity index (χ4v) is 3.98. The SMILES string of the molecule is CN1CCC(OS(=O)(=O)c2c[nH]c3ccc(C#N)cc23)CC1. The second kappa shape index (κ2) is 5.72. The highest BCUT2D eigenvalue weighted by atomic mass is 32.2. The molecule has 3 rings (SSSR count). The Kier molecular flexibility index (Phi) is 3.91. The minimum Gasteiger partial charge on any atom is -0.360 e. The standard InChI is InChI=1S/C15H17N3O3S/c1-18-6-4-12(5-7-18)21-22(19,20)15-10-17-14-3-2-11(9-16)8-13(14)15/h2-3,8,10,12,17H,4-7H2,1H3. The summed E-state index contributed by atoms with van der Waals surface area (Å²) >= 11 is 0. The second-order valence-corrected chi connectivity index (χ2v) is 7.12. The van der Waals surface area contributed by atoms with Gasteiger partial charge in [-0.15, -0.1) is 0 Å². The summed E-state index contributed by atoms with van der Waals surface area (Å²) in [4.78, 5) is 5.16. The number of nitrogens with zero attached hydrogens (tertiary/aromatic N) is 2. The van der Waals surface area contributed by atoms with Crippen LogP contribution >= 0.6 is 0 Å². The molecule has 1 aliphatic rings. The highest BCUT2D eigenvalue weighted by Crippen LogP contribution is 2.27. The van der Waals surface area contributed by atoms with Crippen molar-refractivity contribution in [2.24, 2.45) is 0 Å². The van der Waals surface area contributed by atoms with E-state index in [0.29, 0.717) is 29.3 Å². The molecule has 7 heteroatoms. The molecule has 1 aliphatic heterocycles.